The summed E-state index contributed by atoms with van der Waals surface area (Å²) in [5.41, 5.74) is -2.57. The monoisotopic (exact) mass is 590 g/mol. The van der Waals surface area contributed by atoms with Gasteiger partial charge in [0.25, 0.3) is 11.5 Å². The molecule has 1 saturated heterocycles. The highest BCUT2D eigenvalue weighted by atomic mass is 19.1. The van der Waals surface area contributed by atoms with Crippen molar-refractivity contribution in [2.75, 3.05) is 13.2 Å². The van der Waals surface area contributed by atoms with Crippen LogP contribution in [0.5, 0.6) is 5.75 Å². The normalized spacial score (nSPS) is 18.0. The van der Waals surface area contributed by atoms with Gasteiger partial charge in [0.15, 0.2) is 0 Å². The molecule has 42 heavy (non-hydrogen) atoms. The van der Waals surface area contributed by atoms with Crippen LogP contribution in [0.2, 0.25) is 0 Å². The van der Waals surface area contributed by atoms with Gasteiger partial charge < -0.3 is 18.9 Å². The minimum atomic E-state index is -1.41. The van der Waals surface area contributed by atoms with E-state index in [-0.39, 0.29) is 36.0 Å². The fourth-order valence-corrected chi connectivity index (χ4v) is 4.35. The Kier molecular flexibility index (Phi) is 12.5. The van der Waals surface area contributed by atoms with Gasteiger partial charge in [0.2, 0.25) is 5.82 Å². The first-order valence-electron chi connectivity index (χ1n) is 14.5. The Morgan fingerprint density at radius 1 is 0.952 bits per heavy atom. The zero-order chi connectivity index (χ0) is 30.6. The molecule has 0 amide bonds. The molecule has 1 aromatic carbocycles. The maximum absolute atomic E-state index is 14.8. The number of ether oxygens (including phenoxy) is 4. The van der Waals surface area contributed by atoms with E-state index in [0.717, 1.165) is 30.3 Å². The van der Waals surface area contributed by atoms with Crippen molar-refractivity contribution in [1.29, 1.82) is 0 Å². The molecule has 0 bridgehead atoms. The number of aromatic nitrogens is 2. The molecule has 0 N–H and O–H groups in total. The van der Waals surface area contributed by atoms with Crippen LogP contribution in [0.1, 0.15) is 95.1 Å². The number of hydrogen-bond acceptors (Lipinski definition) is 9. The second-order valence-corrected chi connectivity index (χ2v) is 10.1. The molecule has 1 aromatic heterocycles. The molecule has 2 heterocycles. The Hall–Kier alpha value is -3.80. The smallest absolute Gasteiger partial charge is 0.340 e. The zero-order valence-corrected chi connectivity index (χ0v) is 24.3. The molecular formula is C30H39FN2O9. The van der Waals surface area contributed by atoms with Crippen LogP contribution in [0.3, 0.4) is 0 Å². The summed E-state index contributed by atoms with van der Waals surface area (Å²) in [6.45, 7) is 6.12. The largest absolute Gasteiger partial charge is 0.494 e. The van der Waals surface area contributed by atoms with Crippen LogP contribution in [-0.2, 0) is 23.8 Å². The molecule has 3 rings (SSSR count). The minimum Gasteiger partial charge on any atom is -0.494 e. The quantitative estimate of drug-likeness (QED) is 0.222. The summed E-state index contributed by atoms with van der Waals surface area (Å²) in [6, 6.07) is 5.81. The van der Waals surface area contributed by atoms with Crippen LogP contribution in [0.15, 0.2) is 40.1 Å². The van der Waals surface area contributed by atoms with E-state index in [1.54, 1.807) is 0 Å². The molecule has 0 saturated carbocycles. The molecule has 11 nitrogen and oxygen atoms in total. The molecule has 0 unspecified atom stereocenters. The Balaban J connectivity index is 1.86. The topological polar surface area (TPSA) is 132 Å². The van der Waals surface area contributed by atoms with E-state index >= 15 is 0 Å². The third-order valence-electron chi connectivity index (χ3n) is 6.79. The molecule has 0 aliphatic carbocycles. The van der Waals surface area contributed by atoms with Crippen molar-refractivity contribution < 1.29 is 37.7 Å². The number of carbonyl (C=O) groups is 3. The van der Waals surface area contributed by atoms with Crippen molar-refractivity contribution in [1.82, 2.24) is 9.13 Å². The first-order valence-corrected chi connectivity index (χ1v) is 14.5. The zero-order valence-electron chi connectivity index (χ0n) is 24.3. The SMILES string of the molecule is CCCCOc1ccc(C(=O)n2c(=O)c(F)cn([C@H]3C[C@H](OC(=O)CCCC)[C@@H](COC(=O)CCCC)O3)c2=O)cc1. The maximum Gasteiger partial charge on any atom is 0.340 e. The predicted molar refractivity (Wildman–Crippen MR) is 150 cm³/mol. The lowest BCUT2D eigenvalue weighted by atomic mass is 10.1. The molecular weight excluding hydrogens is 551 g/mol. The van der Waals surface area contributed by atoms with E-state index in [0.29, 0.717) is 31.4 Å². The van der Waals surface area contributed by atoms with Crippen molar-refractivity contribution in [3.05, 3.63) is 62.7 Å². The minimum absolute atomic E-state index is 0.0267. The van der Waals surface area contributed by atoms with Crippen molar-refractivity contribution in [2.24, 2.45) is 0 Å². The van der Waals surface area contributed by atoms with Gasteiger partial charge in [-0.15, -0.1) is 0 Å². The molecule has 3 atom stereocenters. The highest BCUT2D eigenvalue weighted by Gasteiger charge is 2.41. The highest BCUT2D eigenvalue weighted by molar-refractivity contribution is 5.95. The third-order valence-corrected chi connectivity index (χ3v) is 6.79. The summed E-state index contributed by atoms with van der Waals surface area (Å²) in [5.74, 6) is -2.82. The van der Waals surface area contributed by atoms with Gasteiger partial charge in [-0.25, -0.2) is 4.79 Å². The first-order chi connectivity index (χ1) is 20.2. The van der Waals surface area contributed by atoms with Crippen LogP contribution in [0.4, 0.5) is 4.39 Å². The standard InChI is InChI=1S/C30H39FN2O9/c1-4-7-10-26(34)40-19-24-23(42-27(35)11-8-5-2)17-25(41-24)32-18-22(31)29(37)33(30(32)38)28(36)20-12-14-21(15-13-20)39-16-9-6-3/h12-15,18,23-25H,4-11,16-17,19H2,1-3H3/t23-,24+,25+/m0/s1. The number of hydrogen-bond donors (Lipinski definition) is 0. The molecule has 0 radical (unpaired) electrons. The van der Waals surface area contributed by atoms with E-state index in [1.165, 1.54) is 24.3 Å². The summed E-state index contributed by atoms with van der Waals surface area (Å²) in [6.07, 6.45) is 2.49. The molecule has 1 aliphatic rings. The van der Waals surface area contributed by atoms with Gasteiger partial charge in [-0.05, 0) is 43.5 Å². The van der Waals surface area contributed by atoms with Gasteiger partial charge in [0, 0.05) is 24.8 Å². The highest BCUT2D eigenvalue weighted by Crippen LogP contribution is 2.31. The lowest BCUT2D eigenvalue weighted by Crippen LogP contribution is -2.46. The average molecular weight is 591 g/mol. The van der Waals surface area contributed by atoms with Crippen LogP contribution in [0.25, 0.3) is 0 Å². The Labute approximate surface area is 243 Å². The molecule has 1 aliphatic heterocycles. The van der Waals surface area contributed by atoms with Crippen molar-refractivity contribution in [3.8, 4) is 5.75 Å². The van der Waals surface area contributed by atoms with Gasteiger partial charge in [-0.2, -0.15) is 8.96 Å². The summed E-state index contributed by atoms with van der Waals surface area (Å²) < 4.78 is 38.1. The number of carbonyl (C=O) groups excluding carboxylic acids is 3. The van der Waals surface area contributed by atoms with E-state index < -0.39 is 53.3 Å². The van der Waals surface area contributed by atoms with Crippen LogP contribution < -0.4 is 16.0 Å². The lowest BCUT2D eigenvalue weighted by Gasteiger charge is -2.19. The summed E-state index contributed by atoms with van der Waals surface area (Å²) in [4.78, 5) is 63.7. The molecule has 12 heteroatoms. The molecule has 230 valence electrons. The van der Waals surface area contributed by atoms with Crippen LogP contribution >= 0.6 is 0 Å². The molecule has 0 spiro atoms. The average Bonchev–Trinajstić information content (AvgIpc) is 3.38. The molecule has 1 fully saturated rings. The van der Waals surface area contributed by atoms with Gasteiger partial charge in [0.05, 0.1) is 12.8 Å². The second kappa shape index (κ2) is 16.0. The van der Waals surface area contributed by atoms with Crippen LogP contribution in [0, 0.1) is 5.82 Å². The Morgan fingerprint density at radius 3 is 2.24 bits per heavy atom. The van der Waals surface area contributed by atoms with Gasteiger partial charge >= 0.3 is 17.6 Å². The van der Waals surface area contributed by atoms with Crippen molar-refractivity contribution >= 4 is 17.8 Å². The van der Waals surface area contributed by atoms with E-state index in [4.69, 9.17) is 18.9 Å². The summed E-state index contributed by atoms with van der Waals surface area (Å²) in [5, 5.41) is 0. The number of rotatable bonds is 15. The fraction of sp³-hybridized carbons (Fsp3) is 0.567. The third kappa shape index (κ3) is 8.60. The number of unbranched alkanes of at least 4 members (excludes halogenated alkanes) is 3. The lowest BCUT2D eigenvalue weighted by molar-refractivity contribution is -0.158. The second-order valence-electron chi connectivity index (χ2n) is 10.1. The van der Waals surface area contributed by atoms with Crippen LogP contribution in [-0.4, -0.2) is 52.4 Å². The Morgan fingerprint density at radius 2 is 1.60 bits per heavy atom. The number of benzene rings is 1. The van der Waals surface area contributed by atoms with Crippen molar-refractivity contribution in [3.63, 3.8) is 0 Å². The van der Waals surface area contributed by atoms with Crippen molar-refractivity contribution in [2.45, 2.75) is 97.0 Å². The number of nitrogens with zero attached hydrogens (tertiary/aromatic N) is 2. The van der Waals surface area contributed by atoms with E-state index in [2.05, 4.69) is 0 Å². The van der Waals surface area contributed by atoms with E-state index in [1.807, 2.05) is 20.8 Å². The maximum atomic E-state index is 14.8. The van der Waals surface area contributed by atoms with E-state index in [9.17, 15) is 28.4 Å². The van der Waals surface area contributed by atoms with Gasteiger partial charge in [-0.3, -0.25) is 23.7 Å². The Bertz CT molecular complexity index is 1340. The summed E-state index contributed by atoms with van der Waals surface area (Å²) in [7, 11) is 0. The molecule has 2 aromatic rings. The number of esters is 2. The van der Waals surface area contributed by atoms with Gasteiger partial charge in [0.1, 0.15) is 30.8 Å². The van der Waals surface area contributed by atoms with Gasteiger partial charge in [-0.1, -0.05) is 40.0 Å². The summed E-state index contributed by atoms with van der Waals surface area (Å²) >= 11 is 0. The first kappa shape index (κ1) is 32.7. The predicted octanol–water partition coefficient (Wildman–Crippen LogP) is 4.14. The fourth-order valence-electron chi connectivity index (χ4n) is 4.35. The number of halogens is 1.